The van der Waals surface area contributed by atoms with E-state index in [4.69, 9.17) is 15.7 Å². The van der Waals surface area contributed by atoms with Crippen LogP contribution in [0.15, 0.2) is 11.2 Å². The Morgan fingerprint density at radius 1 is 1.44 bits per heavy atom. The van der Waals surface area contributed by atoms with Gasteiger partial charge in [0.05, 0.1) is 6.61 Å². The molecule has 0 aromatic carbocycles. The topological polar surface area (TPSA) is 93.6 Å². The third-order valence-electron chi connectivity index (χ3n) is 2.29. The number of rotatable bonds is 4. The molecule has 0 bridgehead atoms. The van der Waals surface area contributed by atoms with Crippen molar-refractivity contribution < 1.29 is 9.94 Å². The molecule has 0 unspecified atom stereocenters. The van der Waals surface area contributed by atoms with Gasteiger partial charge in [-0.25, -0.2) is 4.98 Å². The van der Waals surface area contributed by atoms with E-state index in [-0.39, 0.29) is 17.3 Å². The Kier molecular flexibility index (Phi) is 4.47. The van der Waals surface area contributed by atoms with Crippen molar-refractivity contribution in [3.05, 3.63) is 17.5 Å². The highest BCUT2D eigenvalue weighted by molar-refractivity contribution is 5.95. The van der Waals surface area contributed by atoms with E-state index in [1.165, 1.54) is 0 Å². The molecule has 0 saturated carbocycles. The Hall–Kier alpha value is -1.85. The van der Waals surface area contributed by atoms with Gasteiger partial charge in [-0.15, -0.1) is 0 Å². The minimum Gasteiger partial charge on any atom is -0.463 e. The molecule has 1 aromatic rings. The maximum atomic E-state index is 8.61. The summed E-state index contributed by atoms with van der Waals surface area (Å²) in [6, 6.07) is 1.88. The van der Waals surface area contributed by atoms with E-state index in [0.29, 0.717) is 18.0 Å². The molecule has 1 heterocycles. The van der Waals surface area contributed by atoms with E-state index >= 15 is 0 Å². The van der Waals surface area contributed by atoms with Gasteiger partial charge in [-0.2, -0.15) is 4.98 Å². The second kappa shape index (κ2) is 5.66. The van der Waals surface area contributed by atoms with Gasteiger partial charge in [0.15, 0.2) is 5.84 Å². The van der Waals surface area contributed by atoms with E-state index in [2.05, 4.69) is 35.9 Å². The van der Waals surface area contributed by atoms with E-state index < -0.39 is 0 Å². The summed E-state index contributed by atoms with van der Waals surface area (Å²) in [4.78, 5) is 8.22. The zero-order valence-electron chi connectivity index (χ0n) is 11.3. The lowest BCUT2D eigenvalue weighted by Gasteiger charge is -2.17. The van der Waals surface area contributed by atoms with Crippen LogP contribution >= 0.6 is 0 Å². The molecular weight excluding hydrogens is 232 g/mol. The molecule has 18 heavy (non-hydrogen) atoms. The third-order valence-corrected chi connectivity index (χ3v) is 2.29. The van der Waals surface area contributed by atoms with Crippen LogP contribution in [-0.2, 0) is 0 Å². The van der Waals surface area contributed by atoms with E-state index in [0.717, 1.165) is 6.42 Å². The smallest absolute Gasteiger partial charge is 0.317 e. The Morgan fingerprint density at radius 3 is 2.67 bits per heavy atom. The summed E-state index contributed by atoms with van der Waals surface area (Å²) in [5, 5.41) is 11.5. The predicted octanol–water partition coefficient (Wildman–Crippen LogP) is 1.69. The van der Waals surface area contributed by atoms with Crippen molar-refractivity contribution in [2.75, 3.05) is 6.61 Å². The fourth-order valence-corrected chi connectivity index (χ4v) is 1.24. The number of nitrogens with two attached hydrogens (primary N) is 1. The maximum Gasteiger partial charge on any atom is 0.317 e. The van der Waals surface area contributed by atoms with Gasteiger partial charge in [0, 0.05) is 5.69 Å². The van der Waals surface area contributed by atoms with Crippen molar-refractivity contribution in [3.8, 4) is 6.01 Å². The molecule has 0 fully saturated rings. The number of hydrogen-bond acceptors (Lipinski definition) is 5. The van der Waals surface area contributed by atoms with Crippen LogP contribution in [-0.4, -0.2) is 27.6 Å². The van der Waals surface area contributed by atoms with Crippen molar-refractivity contribution in [1.29, 1.82) is 0 Å². The number of oxime groups is 1. The second-order valence-electron chi connectivity index (χ2n) is 5.32. The van der Waals surface area contributed by atoms with E-state index in [1.54, 1.807) is 13.0 Å². The zero-order valence-corrected chi connectivity index (χ0v) is 11.3. The molecule has 0 amide bonds. The van der Waals surface area contributed by atoms with Crippen LogP contribution in [0.4, 0.5) is 0 Å². The summed E-state index contributed by atoms with van der Waals surface area (Å²) in [7, 11) is 0. The first-order valence-electron chi connectivity index (χ1n) is 5.78. The quantitative estimate of drug-likeness (QED) is 0.368. The van der Waals surface area contributed by atoms with Crippen LogP contribution in [0.3, 0.4) is 0 Å². The average molecular weight is 252 g/mol. The summed E-state index contributed by atoms with van der Waals surface area (Å²) >= 11 is 0. The summed E-state index contributed by atoms with van der Waals surface area (Å²) in [5.74, 6) is -0.0545. The summed E-state index contributed by atoms with van der Waals surface area (Å²) in [5.41, 5.74) is 6.74. The van der Waals surface area contributed by atoms with Gasteiger partial charge in [-0.05, 0) is 24.8 Å². The molecule has 100 valence electrons. The first kappa shape index (κ1) is 14.2. The molecular formula is C12H20N4O2. The predicted molar refractivity (Wildman–Crippen MR) is 68.8 cm³/mol. The molecule has 1 rings (SSSR count). The van der Waals surface area contributed by atoms with Crippen molar-refractivity contribution in [2.45, 2.75) is 34.1 Å². The number of aromatic nitrogens is 2. The molecule has 0 atom stereocenters. The fraction of sp³-hybridized carbons (Fsp3) is 0.583. The summed E-state index contributed by atoms with van der Waals surface area (Å²) in [6.07, 6.45) is 0.892. The van der Waals surface area contributed by atoms with Crippen LogP contribution in [0.25, 0.3) is 0 Å². The van der Waals surface area contributed by atoms with Crippen LogP contribution < -0.4 is 10.5 Å². The normalized spacial score (nSPS) is 12.6. The van der Waals surface area contributed by atoms with Gasteiger partial charge in [0.25, 0.3) is 0 Å². The van der Waals surface area contributed by atoms with Crippen molar-refractivity contribution in [3.63, 3.8) is 0 Å². The molecule has 0 aliphatic heterocycles. The lowest BCUT2D eigenvalue weighted by atomic mass is 9.93. The number of aryl methyl sites for hydroxylation is 1. The van der Waals surface area contributed by atoms with E-state index in [1.807, 2.05) is 0 Å². The molecule has 6 nitrogen and oxygen atoms in total. The highest BCUT2D eigenvalue weighted by atomic mass is 16.5. The third kappa shape index (κ3) is 4.57. The monoisotopic (exact) mass is 252 g/mol. The van der Waals surface area contributed by atoms with E-state index in [9.17, 15) is 0 Å². The first-order valence-corrected chi connectivity index (χ1v) is 5.78. The fourth-order valence-electron chi connectivity index (χ4n) is 1.24. The number of hydrogen-bond donors (Lipinski definition) is 2. The average Bonchev–Trinajstić information content (AvgIpc) is 2.25. The van der Waals surface area contributed by atoms with Gasteiger partial charge < -0.3 is 15.7 Å². The molecule has 0 aliphatic rings. The van der Waals surface area contributed by atoms with Crippen LogP contribution in [0, 0.1) is 12.3 Å². The molecule has 0 radical (unpaired) electrons. The van der Waals surface area contributed by atoms with Gasteiger partial charge in [-0.3, -0.25) is 0 Å². The van der Waals surface area contributed by atoms with Crippen molar-refractivity contribution in [1.82, 2.24) is 9.97 Å². The standard InChI is InChI=1S/C12H20N4O2/c1-8-7-9(10(13)16-17)15-11(14-8)18-6-5-12(2,3)4/h7,17H,5-6H2,1-4H3,(H2,13,16). The van der Waals surface area contributed by atoms with Crippen molar-refractivity contribution >= 4 is 5.84 Å². The number of ether oxygens (including phenoxy) is 1. The van der Waals surface area contributed by atoms with Gasteiger partial charge in [-0.1, -0.05) is 25.9 Å². The van der Waals surface area contributed by atoms with Crippen LogP contribution in [0.5, 0.6) is 6.01 Å². The maximum absolute atomic E-state index is 8.61. The second-order valence-corrected chi connectivity index (χ2v) is 5.32. The Bertz CT molecular complexity index is 438. The largest absolute Gasteiger partial charge is 0.463 e. The highest BCUT2D eigenvalue weighted by Crippen LogP contribution is 2.18. The summed E-state index contributed by atoms with van der Waals surface area (Å²) in [6.45, 7) is 8.73. The van der Waals surface area contributed by atoms with Gasteiger partial charge in [0.1, 0.15) is 5.69 Å². The van der Waals surface area contributed by atoms with Crippen LogP contribution in [0.1, 0.15) is 38.6 Å². The SMILES string of the molecule is Cc1cc(/C(N)=N/O)nc(OCCC(C)(C)C)n1. The van der Waals surface area contributed by atoms with Gasteiger partial charge in [0.2, 0.25) is 0 Å². The molecule has 0 spiro atoms. The number of nitrogens with zero attached hydrogens (tertiary/aromatic N) is 3. The zero-order chi connectivity index (χ0) is 13.8. The Morgan fingerprint density at radius 2 is 2.11 bits per heavy atom. The summed E-state index contributed by atoms with van der Waals surface area (Å²) < 4.78 is 5.48. The lowest BCUT2D eigenvalue weighted by Crippen LogP contribution is -2.17. The Labute approximate surface area is 107 Å². The molecule has 0 aliphatic carbocycles. The lowest BCUT2D eigenvalue weighted by molar-refractivity contribution is 0.228. The first-order chi connectivity index (χ1) is 8.31. The van der Waals surface area contributed by atoms with Crippen LogP contribution in [0.2, 0.25) is 0 Å². The minimum absolute atomic E-state index is 0.0545. The van der Waals surface area contributed by atoms with Gasteiger partial charge >= 0.3 is 6.01 Å². The molecule has 1 aromatic heterocycles. The highest BCUT2D eigenvalue weighted by Gasteiger charge is 2.12. The van der Waals surface area contributed by atoms with Crippen molar-refractivity contribution in [2.24, 2.45) is 16.3 Å². The number of amidine groups is 1. The Balaban J connectivity index is 2.75. The minimum atomic E-state index is -0.0545. The molecule has 3 N–H and O–H groups in total. The molecule has 0 saturated heterocycles. The molecule has 6 heteroatoms.